The van der Waals surface area contributed by atoms with Crippen molar-refractivity contribution in [3.05, 3.63) is 58.7 Å². The minimum atomic E-state index is -0.584. The molecule has 6 nitrogen and oxygen atoms in total. The van der Waals surface area contributed by atoms with Crippen LogP contribution in [-0.4, -0.2) is 30.9 Å². The Bertz CT molecular complexity index is 823. The molecule has 156 valence electrons. The molecule has 29 heavy (non-hydrogen) atoms. The summed E-state index contributed by atoms with van der Waals surface area (Å²) in [6.07, 6.45) is 1.25. The van der Waals surface area contributed by atoms with Gasteiger partial charge in [-0.25, -0.2) is 0 Å². The molecule has 2 aromatic rings. The molecule has 2 aromatic carbocycles. The minimum absolute atomic E-state index is 0.0838. The fourth-order valence-electron chi connectivity index (χ4n) is 3.20. The second-order valence-electron chi connectivity index (χ2n) is 7.50. The highest BCUT2D eigenvalue weighted by Crippen LogP contribution is 2.20. The Hall–Kier alpha value is -2.70. The Kier molecular flexibility index (Phi) is 8.36. The number of anilines is 2. The molecule has 1 unspecified atom stereocenters. The molecule has 2 amide bonds. The van der Waals surface area contributed by atoms with Crippen molar-refractivity contribution in [2.75, 3.05) is 23.7 Å². The molecular weight excluding hydrogens is 364 g/mol. The van der Waals surface area contributed by atoms with Gasteiger partial charge in [-0.3, -0.25) is 9.59 Å². The summed E-state index contributed by atoms with van der Waals surface area (Å²) in [5.41, 5.74) is 11.8. The third-order valence-electron chi connectivity index (χ3n) is 4.97. The van der Waals surface area contributed by atoms with Crippen LogP contribution in [0.3, 0.4) is 0 Å². The Balaban J connectivity index is 1.69. The van der Waals surface area contributed by atoms with E-state index in [0.717, 1.165) is 33.6 Å². The van der Waals surface area contributed by atoms with Gasteiger partial charge >= 0.3 is 0 Å². The summed E-state index contributed by atoms with van der Waals surface area (Å²) in [5, 5.41) is 8.98. The number of hydrogen-bond donors (Lipinski definition) is 4. The number of aryl methyl sites for hydroxylation is 4. The second kappa shape index (κ2) is 10.7. The number of carbonyl (C=O) groups is 2. The lowest BCUT2D eigenvalue weighted by molar-refractivity contribution is -0.117. The van der Waals surface area contributed by atoms with Gasteiger partial charge in [-0.1, -0.05) is 36.4 Å². The van der Waals surface area contributed by atoms with Crippen molar-refractivity contribution >= 4 is 23.2 Å². The first-order chi connectivity index (χ1) is 13.8. The van der Waals surface area contributed by atoms with Gasteiger partial charge < -0.3 is 21.7 Å². The van der Waals surface area contributed by atoms with Gasteiger partial charge in [-0.2, -0.15) is 0 Å². The van der Waals surface area contributed by atoms with E-state index in [2.05, 4.69) is 16.0 Å². The summed E-state index contributed by atoms with van der Waals surface area (Å²) < 4.78 is 0. The van der Waals surface area contributed by atoms with E-state index in [9.17, 15) is 9.59 Å². The number of rotatable bonds is 9. The molecule has 0 saturated carbocycles. The van der Waals surface area contributed by atoms with Crippen LogP contribution < -0.4 is 21.7 Å². The average Bonchev–Trinajstić information content (AvgIpc) is 2.67. The third-order valence-corrected chi connectivity index (χ3v) is 4.97. The van der Waals surface area contributed by atoms with Crippen LogP contribution in [0.4, 0.5) is 11.4 Å². The molecular formula is C23H32N4O2. The van der Waals surface area contributed by atoms with E-state index in [1.165, 1.54) is 0 Å². The number of amides is 2. The predicted molar refractivity (Wildman–Crippen MR) is 119 cm³/mol. The van der Waals surface area contributed by atoms with Gasteiger partial charge in [0.1, 0.15) is 0 Å². The summed E-state index contributed by atoms with van der Waals surface area (Å²) >= 11 is 0. The van der Waals surface area contributed by atoms with Crippen molar-refractivity contribution in [2.24, 2.45) is 5.73 Å². The third kappa shape index (κ3) is 6.69. The molecule has 1 atom stereocenters. The molecule has 2 rings (SSSR count). The van der Waals surface area contributed by atoms with Crippen molar-refractivity contribution in [2.45, 2.75) is 46.6 Å². The number of nitrogens with two attached hydrogens (primary N) is 1. The summed E-state index contributed by atoms with van der Waals surface area (Å²) in [6, 6.07) is 11.2. The average molecular weight is 397 g/mol. The van der Waals surface area contributed by atoms with Crippen LogP contribution in [-0.2, 0) is 9.59 Å². The Morgan fingerprint density at radius 3 is 1.86 bits per heavy atom. The van der Waals surface area contributed by atoms with Crippen LogP contribution in [0.2, 0.25) is 0 Å². The summed E-state index contributed by atoms with van der Waals surface area (Å²) in [4.78, 5) is 24.5. The SMILES string of the molecule is Cc1cccc(C)c1NC(=O)CNCCCC(N)C(=O)Nc1c(C)cccc1C. The fraction of sp³-hybridized carbons (Fsp3) is 0.391. The highest BCUT2D eigenvalue weighted by Gasteiger charge is 2.15. The van der Waals surface area contributed by atoms with Crippen molar-refractivity contribution in [1.29, 1.82) is 0 Å². The zero-order valence-corrected chi connectivity index (χ0v) is 17.8. The van der Waals surface area contributed by atoms with E-state index < -0.39 is 6.04 Å². The second-order valence-corrected chi connectivity index (χ2v) is 7.50. The van der Waals surface area contributed by atoms with E-state index in [-0.39, 0.29) is 18.4 Å². The van der Waals surface area contributed by atoms with Gasteiger partial charge in [0, 0.05) is 11.4 Å². The highest BCUT2D eigenvalue weighted by molar-refractivity contribution is 5.96. The molecule has 6 heteroatoms. The summed E-state index contributed by atoms with van der Waals surface area (Å²) in [7, 11) is 0. The maximum atomic E-state index is 12.3. The topological polar surface area (TPSA) is 96.2 Å². The first-order valence-electron chi connectivity index (χ1n) is 9.99. The fourth-order valence-corrected chi connectivity index (χ4v) is 3.20. The van der Waals surface area contributed by atoms with E-state index in [1.807, 2.05) is 64.1 Å². The molecule has 0 aromatic heterocycles. The lowest BCUT2D eigenvalue weighted by Gasteiger charge is -2.16. The van der Waals surface area contributed by atoms with Crippen molar-refractivity contribution in [3.63, 3.8) is 0 Å². The molecule has 0 aliphatic rings. The molecule has 0 radical (unpaired) electrons. The summed E-state index contributed by atoms with van der Waals surface area (Å²) in [5.74, 6) is -0.269. The van der Waals surface area contributed by atoms with Gasteiger partial charge in [0.2, 0.25) is 11.8 Å². The maximum absolute atomic E-state index is 12.3. The van der Waals surface area contributed by atoms with Gasteiger partial charge in [0.15, 0.2) is 0 Å². The van der Waals surface area contributed by atoms with E-state index in [4.69, 9.17) is 5.73 Å². The van der Waals surface area contributed by atoms with Crippen LogP contribution in [0, 0.1) is 27.7 Å². The Labute approximate surface area is 173 Å². The standard InChI is InChI=1S/C23H32N4O2/c1-15-8-5-9-16(2)21(15)26-20(28)14-25-13-7-12-19(24)23(29)27-22-17(3)10-6-11-18(22)4/h5-6,8-11,19,25H,7,12-14,24H2,1-4H3,(H,26,28)(H,27,29). The molecule has 0 bridgehead atoms. The molecule has 5 N–H and O–H groups in total. The molecule has 0 fully saturated rings. The van der Waals surface area contributed by atoms with Crippen LogP contribution in [0.25, 0.3) is 0 Å². The minimum Gasteiger partial charge on any atom is -0.324 e. The highest BCUT2D eigenvalue weighted by atomic mass is 16.2. The zero-order chi connectivity index (χ0) is 21.4. The Morgan fingerprint density at radius 2 is 1.34 bits per heavy atom. The molecule has 0 saturated heterocycles. The van der Waals surface area contributed by atoms with Gasteiger partial charge in [0.05, 0.1) is 12.6 Å². The van der Waals surface area contributed by atoms with Gasteiger partial charge in [-0.15, -0.1) is 0 Å². The number of hydrogen-bond acceptors (Lipinski definition) is 4. The summed E-state index contributed by atoms with van der Waals surface area (Å²) in [6.45, 7) is 8.70. The van der Waals surface area contributed by atoms with Gasteiger partial charge in [0.25, 0.3) is 0 Å². The zero-order valence-electron chi connectivity index (χ0n) is 17.8. The lowest BCUT2D eigenvalue weighted by Crippen LogP contribution is -2.37. The van der Waals surface area contributed by atoms with Crippen LogP contribution in [0.1, 0.15) is 35.1 Å². The number of nitrogens with one attached hydrogen (secondary N) is 3. The predicted octanol–water partition coefficient (Wildman–Crippen LogP) is 3.19. The van der Waals surface area contributed by atoms with Crippen LogP contribution >= 0.6 is 0 Å². The molecule has 0 heterocycles. The molecule has 0 aliphatic carbocycles. The lowest BCUT2D eigenvalue weighted by atomic mass is 10.1. The normalized spacial score (nSPS) is 11.8. The first kappa shape index (κ1) is 22.6. The number of benzene rings is 2. The van der Waals surface area contributed by atoms with E-state index in [1.54, 1.807) is 0 Å². The number of carbonyl (C=O) groups excluding carboxylic acids is 2. The van der Waals surface area contributed by atoms with E-state index in [0.29, 0.717) is 19.4 Å². The number of para-hydroxylation sites is 2. The first-order valence-corrected chi connectivity index (χ1v) is 9.99. The smallest absolute Gasteiger partial charge is 0.241 e. The monoisotopic (exact) mass is 396 g/mol. The van der Waals surface area contributed by atoms with E-state index >= 15 is 0 Å². The maximum Gasteiger partial charge on any atom is 0.241 e. The van der Waals surface area contributed by atoms with Crippen LogP contribution in [0.5, 0.6) is 0 Å². The van der Waals surface area contributed by atoms with Gasteiger partial charge in [-0.05, 0) is 69.3 Å². The van der Waals surface area contributed by atoms with Crippen molar-refractivity contribution in [1.82, 2.24) is 5.32 Å². The van der Waals surface area contributed by atoms with Crippen molar-refractivity contribution < 1.29 is 9.59 Å². The largest absolute Gasteiger partial charge is 0.324 e. The van der Waals surface area contributed by atoms with Crippen LogP contribution in [0.15, 0.2) is 36.4 Å². The molecule has 0 spiro atoms. The molecule has 0 aliphatic heterocycles. The van der Waals surface area contributed by atoms with Crippen molar-refractivity contribution in [3.8, 4) is 0 Å². The quantitative estimate of drug-likeness (QED) is 0.490. The Morgan fingerprint density at radius 1 is 0.862 bits per heavy atom.